The van der Waals surface area contributed by atoms with Crippen molar-refractivity contribution >= 4 is 5.69 Å². The zero-order valence-corrected chi connectivity index (χ0v) is 9.87. The highest BCUT2D eigenvalue weighted by molar-refractivity contribution is 5.42. The fraction of sp³-hybridized carbons (Fsp3) is 0.154. The minimum atomic E-state index is -0.0839. The van der Waals surface area contributed by atoms with Crippen molar-refractivity contribution < 1.29 is 4.74 Å². The lowest BCUT2D eigenvalue weighted by Gasteiger charge is -2.06. The molecule has 0 aliphatic carbocycles. The standard InChI is InChI=1S/C13H12N2O3/c1-15-6-5-10(7-13(15)16)9-18-12-4-2-3-11(8-12)14-17/h2-8H,9H2,1H3. The second-order valence-corrected chi connectivity index (χ2v) is 3.86. The molecule has 5 heteroatoms. The Bertz CT molecular complexity index is 620. The van der Waals surface area contributed by atoms with Crippen LogP contribution in [0.5, 0.6) is 5.75 Å². The minimum Gasteiger partial charge on any atom is -0.489 e. The summed E-state index contributed by atoms with van der Waals surface area (Å²) in [4.78, 5) is 21.8. The van der Waals surface area contributed by atoms with Gasteiger partial charge in [-0.2, -0.15) is 0 Å². The molecule has 0 spiro atoms. The van der Waals surface area contributed by atoms with Gasteiger partial charge in [0.05, 0.1) is 0 Å². The molecule has 0 aliphatic heterocycles. The first kappa shape index (κ1) is 12.0. The summed E-state index contributed by atoms with van der Waals surface area (Å²) in [6.45, 7) is 0.276. The Labute approximate surface area is 104 Å². The topological polar surface area (TPSA) is 60.7 Å². The Kier molecular flexibility index (Phi) is 3.52. The van der Waals surface area contributed by atoms with Gasteiger partial charge in [0.15, 0.2) is 0 Å². The van der Waals surface area contributed by atoms with E-state index in [1.165, 1.54) is 10.6 Å². The number of aryl methyl sites for hydroxylation is 1. The summed E-state index contributed by atoms with van der Waals surface area (Å²) in [7, 11) is 1.69. The van der Waals surface area contributed by atoms with Gasteiger partial charge >= 0.3 is 0 Å². The monoisotopic (exact) mass is 244 g/mol. The smallest absolute Gasteiger partial charge is 0.250 e. The van der Waals surface area contributed by atoms with Gasteiger partial charge in [0.1, 0.15) is 18.0 Å². The van der Waals surface area contributed by atoms with Crippen LogP contribution in [0.3, 0.4) is 0 Å². The third-order valence-electron chi connectivity index (χ3n) is 2.50. The molecule has 0 atom stereocenters. The van der Waals surface area contributed by atoms with Crippen LogP contribution in [0.15, 0.2) is 52.6 Å². The molecule has 0 aliphatic rings. The lowest BCUT2D eigenvalue weighted by Crippen LogP contribution is -2.15. The second-order valence-electron chi connectivity index (χ2n) is 3.86. The quantitative estimate of drug-likeness (QED) is 0.775. The predicted octanol–water partition coefficient (Wildman–Crippen LogP) is 2.36. The first-order chi connectivity index (χ1) is 8.69. The highest BCUT2D eigenvalue weighted by Gasteiger charge is 1.99. The molecule has 0 unspecified atom stereocenters. The first-order valence-corrected chi connectivity index (χ1v) is 5.41. The molecule has 0 saturated carbocycles. The van der Waals surface area contributed by atoms with Crippen LogP contribution in [0.25, 0.3) is 0 Å². The van der Waals surface area contributed by atoms with Crippen LogP contribution in [-0.2, 0) is 13.7 Å². The maximum Gasteiger partial charge on any atom is 0.250 e. The zero-order valence-electron chi connectivity index (χ0n) is 9.87. The van der Waals surface area contributed by atoms with E-state index in [9.17, 15) is 9.70 Å². The number of pyridine rings is 1. The predicted molar refractivity (Wildman–Crippen MR) is 67.9 cm³/mol. The Balaban J connectivity index is 2.08. The number of ether oxygens (including phenoxy) is 1. The first-order valence-electron chi connectivity index (χ1n) is 5.41. The van der Waals surface area contributed by atoms with E-state index >= 15 is 0 Å². The third-order valence-corrected chi connectivity index (χ3v) is 2.50. The molecule has 1 aromatic carbocycles. The molecule has 0 fully saturated rings. The Hall–Kier alpha value is -2.43. The van der Waals surface area contributed by atoms with Gasteiger partial charge in [-0.25, -0.2) is 0 Å². The second kappa shape index (κ2) is 5.27. The van der Waals surface area contributed by atoms with Crippen LogP contribution in [0.4, 0.5) is 5.69 Å². The minimum absolute atomic E-state index is 0.0839. The fourth-order valence-electron chi connectivity index (χ4n) is 1.48. The maximum absolute atomic E-state index is 11.4. The van der Waals surface area contributed by atoms with E-state index in [4.69, 9.17) is 4.74 Å². The number of hydrogen-bond acceptors (Lipinski definition) is 4. The Morgan fingerprint density at radius 3 is 2.83 bits per heavy atom. The van der Waals surface area contributed by atoms with Gasteiger partial charge in [0, 0.05) is 25.4 Å². The van der Waals surface area contributed by atoms with Gasteiger partial charge in [-0.05, 0) is 28.9 Å². The molecule has 0 N–H and O–H groups in total. The lowest BCUT2D eigenvalue weighted by molar-refractivity contribution is 0.306. The molecular formula is C13H12N2O3. The van der Waals surface area contributed by atoms with E-state index in [1.807, 2.05) is 6.07 Å². The van der Waals surface area contributed by atoms with Crippen molar-refractivity contribution in [2.24, 2.45) is 12.2 Å². The summed E-state index contributed by atoms with van der Waals surface area (Å²) in [5, 5.41) is 2.83. The van der Waals surface area contributed by atoms with Crippen molar-refractivity contribution in [3.8, 4) is 5.75 Å². The zero-order chi connectivity index (χ0) is 13.0. The summed E-state index contributed by atoms with van der Waals surface area (Å²) < 4.78 is 6.97. The number of nitrogens with zero attached hydrogens (tertiary/aromatic N) is 2. The Morgan fingerprint density at radius 2 is 2.11 bits per heavy atom. The summed E-state index contributed by atoms with van der Waals surface area (Å²) in [5.41, 5.74) is 1.01. The number of rotatable bonds is 4. The molecule has 18 heavy (non-hydrogen) atoms. The van der Waals surface area contributed by atoms with Gasteiger partial charge in [-0.3, -0.25) is 4.79 Å². The molecule has 0 radical (unpaired) electrons. The normalized spacial score (nSPS) is 10.1. The summed E-state index contributed by atoms with van der Waals surface area (Å²) >= 11 is 0. The van der Waals surface area contributed by atoms with Crippen molar-refractivity contribution in [1.29, 1.82) is 0 Å². The number of hydrogen-bond donors (Lipinski definition) is 0. The van der Waals surface area contributed by atoms with E-state index in [-0.39, 0.29) is 12.2 Å². The van der Waals surface area contributed by atoms with Crippen LogP contribution in [0, 0.1) is 4.91 Å². The molecule has 2 rings (SSSR count). The summed E-state index contributed by atoms with van der Waals surface area (Å²) in [6.07, 6.45) is 1.68. The van der Waals surface area contributed by atoms with Crippen molar-refractivity contribution in [3.63, 3.8) is 0 Å². The molecule has 2 aromatic rings. The molecule has 1 aromatic heterocycles. The molecule has 0 amide bonds. The van der Waals surface area contributed by atoms with Crippen LogP contribution in [0.1, 0.15) is 5.56 Å². The van der Waals surface area contributed by atoms with Crippen molar-refractivity contribution in [3.05, 3.63) is 63.4 Å². The molecule has 0 bridgehead atoms. The van der Waals surface area contributed by atoms with Crippen LogP contribution >= 0.6 is 0 Å². The SMILES string of the molecule is Cn1ccc(COc2cccc(N=O)c2)cc1=O. The van der Waals surface area contributed by atoms with Gasteiger partial charge in [0.25, 0.3) is 5.56 Å². The number of aromatic nitrogens is 1. The van der Waals surface area contributed by atoms with Crippen LogP contribution in [-0.4, -0.2) is 4.57 Å². The number of nitroso groups, excluding NO2 is 1. The van der Waals surface area contributed by atoms with E-state index in [1.54, 1.807) is 37.5 Å². The van der Waals surface area contributed by atoms with Crippen LogP contribution < -0.4 is 10.3 Å². The lowest BCUT2D eigenvalue weighted by atomic mass is 10.3. The van der Waals surface area contributed by atoms with Crippen molar-refractivity contribution in [1.82, 2.24) is 4.57 Å². The van der Waals surface area contributed by atoms with Gasteiger partial charge in [-0.1, -0.05) is 6.07 Å². The van der Waals surface area contributed by atoms with Gasteiger partial charge < -0.3 is 9.30 Å². The maximum atomic E-state index is 11.4. The van der Waals surface area contributed by atoms with E-state index in [0.717, 1.165) is 5.56 Å². The van der Waals surface area contributed by atoms with E-state index < -0.39 is 0 Å². The molecule has 5 nitrogen and oxygen atoms in total. The number of benzene rings is 1. The highest BCUT2D eigenvalue weighted by Crippen LogP contribution is 2.20. The van der Waals surface area contributed by atoms with Crippen LogP contribution in [0.2, 0.25) is 0 Å². The van der Waals surface area contributed by atoms with Crippen molar-refractivity contribution in [2.45, 2.75) is 6.61 Å². The molecule has 92 valence electrons. The molecule has 0 saturated heterocycles. The molecular weight excluding hydrogens is 232 g/mol. The Morgan fingerprint density at radius 1 is 1.28 bits per heavy atom. The molecule has 1 heterocycles. The van der Waals surface area contributed by atoms with E-state index in [0.29, 0.717) is 11.4 Å². The van der Waals surface area contributed by atoms with Gasteiger partial charge in [-0.15, -0.1) is 4.91 Å². The van der Waals surface area contributed by atoms with Gasteiger partial charge in [0.2, 0.25) is 0 Å². The third kappa shape index (κ3) is 2.82. The summed E-state index contributed by atoms with van der Waals surface area (Å²) in [5.74, 6) is 0.549. The average Bonchev–Trinajstić information content (AvgIpc) is 2.40. The van der Waals surface area contributed by atoms with E-state index in [2.05, 4.69) is 5.18 Å². The fourth-order valence-corrected chi connectivity index (χ4v) is 1.48. The summed E-state index contributed by atoms with van der Waals surface area (Å²) in [6, 6.07) is 9.89. The van der Waals surface area contributed by atoms with Crippen molar-refractivity contribution in [2.75, 3.05) is 0 Å². The largest absolute Gasteiger partial charge is 0.489 e. The average molecular weight is 244 g/mol. The highest BCUT2D eigenvalue weighted by atomic mass is 16.5.